The summed E-state index contributed by atoms with van der Waals surface area (Å²) >= 11 is 8.10. The third-order valence-electron chi connectivity index (χ3n) is 2.89. The molecule has 0 bridgehead atoms. The van der Waals surface area contributed by atoms with Crippen LogP contribution in [0.1, 0.15) is 9.75 Å². The maximum Gasteiger partial charge on any atom is 0.270 e. The van der Waals surface area contributed by atoms with Crippen LogP contribution in [0.4, 0.5) is 10.1 Å². The van der Waals surface area contributed by atoms with Crippen LogP contribution in [0.5, 0.6) is 0 Å². The second-order valence-electron chi connectivity index (χ2n) is 4.45. The number of anilines is 1. The number of rotatable bonds is 2. The van der Waals surface area contributed by atoms with Crippen LogP contribution in [-0.4, -0.2) is 10.2 Å². The summed E-state index contributed by atoms with van der Waals surface area (Å²) in [6.07, 6.45) is 1.83. The number of benzene rings is 1. The molecule has 1 aromatic heterocycles. The summed E-state index contributed by atoms with van der Waals surface area (Å²) in [5, 5.41) is 0. The number of thiophene rings is 1. The van der Waals surface area contributed by atoms with Crippen molar-refractivity contribution in [1.29, 1.82) is 0 Å². The molecule has 0 aliphatic carbocycles. The van der Waals surface area contributed by atoms with Crippen molar-refractivity contribution in [3.63, 3.8) is 0 Å². The van der Waals surface area contributed by atoms with Gasteiger partial charge < -0.3 is 0 Å². The largest absolute Gasteiger partial charge is 0.270 e. The summed E-state index contributed by atoms with van der Waals surface area (Å²) in [7, 11) is 0. The van der Waals surface area contributed by atoms with E-state index in [-0.39, 0.29) is 11.7 Å². The van der Waals surface area contributed by atoms with Crippen molar-refractivity contribution in [1.82, 2.24) is 0 Å². The van der Waals surface area contributed by atoms with Crippen molar-refractivity contribution in [2.45, 2.75) is 6.92 Å². The molecule has 1 saturated heterocycles. The second kappa shape index (κ2) is 5.71. The van der Waals surface area contributed by atoms with Gasteiger partial charge in [0.05, 0.1) is 10.6 Å². The Balaban J connectivity index is 1.94. The van der Waals surface area contributed by atoms with Crippen molar-refractivity contribution < 1.29 is 9.18 Å². The molecule has 0 atom stereocenters. The van der Waals surface area contributed by atoms with Gasteiger partial charge in [-0.25, -0.2) is 4.39 Å². The summed E-state index contributed by atoms with van der Waals surface area (Å²) in [6.45, 7) is 2.01. The van der Waals surface area contributed by atoms with Crippen LogP contribution in [0, 0.1) is 12.7 Å². The summed E-state index contributed by atoms with van der Waals surface area (Å²) in [6, 6.07) is 9.86. The first kappa shape index (κ1) is 14.4. The smallest absolute Gasteiger partial charge is 0.268 e. The standard InChI is InChI=1S/C15H10FNOS3/c1-9-5-6-12(20-9)8-13-14(18)17(15(19)21-13)11-4-2-3-10(16)7-11/h2-8H,1H3/b13-8-. The highest BCUT2D eigenvalue weighted by Crippen LogP contribution is 2.36. The highest BCUT2D eigenvalue weighted by atomic mass is 32.2. The molecule has 0 saturated carbocycles. The average molecular weight is 335 g/mol. The zero-order valence-corrected chi connectivity index (χ0v) is 13.4. The molecule has 1 aliphatic rings. The molecule has 3 rings (SSSR count). The topological polar surface area (TPSA) is 20.3 Å². The van der Waals surface area contributed by atoms with E-state index in [0.717, 1.165) is 4.88 Å². The Bertz CT molecular complexity index is 766. The fourth-order valence-electron chi connectivity index (χ4n) is 1.97. The number of thiocarbonyl (C=S) groups is 1. The van der Waals surface area contributed by atoms with Crippen LogP contribution in [0.3, 0.4) is 0 Å². The van der Waals surface area contributed by atoms with Gasteiger partial charge in [-0.3, -0.25) is 9.69 Å². The lowest BCUT2D eigenvalue weighted by Crippen LogP contribution is -2.27. The van der Waals surface area contributed by atoms with Crippen LogP contribution < -0.4 is 4.90 Å². The first-order valence-corrected chi connectivity index (χ1v) is 8.19. The van der Waals surface area contributed by atoms with Crippen LogP contribution in [0.25, 0.3) is 6.08 Å². The summed E-state index contributed by atoms with van der Waals surface area (Å²) in [4.78, 5) is 16.6. The van der Waals surface area contributed by atoms with Gasteiger partial charge in [0, 0.05) is 9.75 Å². The predicted octanol–water partition coefficient (Wildman–Crippen LogP) is 4.60. The van der Waals surface area contributed by atoms with Crippen LogP contribution in [0.2, 0.25) is 0 Å². The van der Waals surface area contributed by atoms with Gasteiger partial charge in [-0.2, -0.15) is 0 Å². The van der Waals surface area contributed by atoms with Gasteiger partial charge in [-0.1, -0.05) is 30.0 Å². The van der Waals surface area contributed by atoms with Gasteiger partial charge in [0.15, 0.2) is 4.32 Å². The molecule has 2 heterocycles. The number of thioether (sulfide) groups is 1. The average Bonchev–Trinajstić information content (AvgIpc) is 2.94. The third kappa shape index (κ3) is 2.92. The van der Waals surface area contributed by atoms with E-state index in [9.17, 15) is 9.18 Å². The molecule has 0 radical (unpaired) electrons. The molecule has 21 heavy (non-hydrogen) atoms. The molecular formula is C15H10FNOS3. The summed E-state index contributed by atoms with van der Waals surface area (Å²) in [5.41, 5.74) is 0.461. The molecule has 1 aliphatic heterocycles. The quantitative estimate of drug-likeness (QED) is 0.591. The van der Waals surface area contributed by atoms with Gasteiger partial charge in [0.25, 0.3) is 5.91 Å². The van der Waals surface area contributed by atoms with Crippen LogP contribution in [0.15, 0.2) is 41.3 Å². The fraction of sp³-hybridized carbons (Fsp3) is 0.0667. The summed E-state index contributed by atoms with van der Waals surface area (Å²) < 4.78 is 13.7. The van der Waals surface area contributed by atoms with Crippen molar-refractivity contribution >= 4 is 57.3 Å². The Hall–Kier alpha value is -1.50. The number of nitrogens with zero attached hydrogens (tertiary/aromatic N) is 1. The van der Waals surface area contributed by atoms with E-state index in [1.165, 1.54) is 33.7 Å². The number of halogens is 1. The van der Waals surface area contributed by atoms with Gasteiger partial charge in [0.1, 0.15) is 5.82 Å². The molecule has 1 fully saturated rings. The maximum atomic E-state index is 13.3. The molecule has 2 aromatic rings. The van der Waals surface area contributed by atoms with Crippen molar-refractivity contribution in [2.24, 2.45) is 0 Å². The summed E-state index contributed by atoms with van der Waals surface area (Å²) in [5.74, 6) is -0.596. The minimum Gasteiger partial charge on any atom is -0.268 e. The zero-order chi connectivity index (χ0) is 15.0. The van der Waals surface area contributed by atoms with E-state index in [0.29, 0.717) is 14.9 Å². The van der Waals surface area contributed by atoms with Gasteiger partial charge in [-0.15, -0.1) is 11.3 Å². The number of amides is 1. The molecular weight excluding hydrogens is 325 g/mol. The molecule has 6 heteroatoms. The SMILES string of the molecule is Cc1ccc(/C=C2\SC(=S)N(c3cccc(F)c3)C2=O)s1. The number of hydrogen-bond donors (Lipinski definition) is 0. The number of aryl methyl sites for hydroxylation is 1. The lowest BCUT2D eigenvalue weighted by Gasteiger charge is -2.14. The first-order chi connectivity index (χ1) is 10.0. The van der Waals surface area contributed by atoms with Crippen LogP contribution >= 0.6 is 35.3 Å². The maximum absolute atomic E-state index is 13.3. The lowest BCUT2D eigenvalue weighted by atomic mass is 10.3. The highest BCUT2D eigenvalue weighted by Gasteiger charge is 2.33. The van der Waals surface area contributed by atoms with Gasteiger partial charge in [0.2, 0.25) is 0 Å². The predicted molar refractivity (Wildman–Crippen MR) is 91.1 cm³/mol. The van der Waals surface area contributed by atoms with Crippen molar-refractivity contribution in [3.8, 4) is 0 Å². The Labute approximate surface area is 135 Å². The second-order valence-corrected chi connectivity index (χ2v) is 7.44. The molecule has 1 amide bonds. The van der Waals surface area contributed by atoms with E-state index in [2.05, 4.69) is 0 Å². The molecule has 106 valence electrons. The highest BCUT2D eigenvalue weighted by molar-refractivity contribution is 8.27. The van der Waals surface area contributed by atoms with E-state index >= 15 is 0 Å². The van der Waals surface area contributed by atoms with Crippen LogP contribution in [-0.2, 0) is 4.79 Å². The van der Waals surface area contributed by atoms with Crippen molar-refractivity contribution in [3.05, 3.63) is 56.9 Å². The minimum atomic E-state index is -0.389. The minimum absolute atomic E-state index is 0.207. The van der Waals surface area contributed by atoms with E-state index in [1.807, 2.05) is 25.1 Å². The Morgan fingerprint density at radius 2 is 2.10 bits per heavy atom. The molecule has 0 N–H and O–H groups in total. The van der Waals surface area contributed by atoms with E-state index < -0.39 is 0 Å². The lowest BCUT2D eigenvalue weighted by molar-refractivity contribution is -0.113. The molecule has 2 nitrogen and oxygen atoms in total. The monoisotopic (exact) mass is 335 g/mol. The Kier molecular flexibility index (Phi) is 3.93. The van der Waals surface area contributed by atoms with Crippen molar-refractivity contribution in [2.75, 3.05) is 4.90 Å². The fourth-order valence-corrected chi connectivity index (χ4v) is 4.15. The normalized spacial score (nSPS) is 17.0. The third-order valence-corrected chi connectivity index (χ3v) is 5.14. The molecule has 0 unspecified atom stereocenters. The zero-order valence-electron chi connectivity index (χ0n) is 11.0. The number of hydrogen-bond acceptors (Lipinski definition) is 4. The van der Waals surface area contributed by atoms with E-state index in [1.54, 1.807) is 23.5 Å². The first-order valence-electron chi connectivity index (χ1n) is 6.14. The number of carbonyl (C=O) groups excluding carboxylic acids is 1. The van der Waals surface area contributed by atoms with Gasteiger partial charge >= 0.3 is 0 Å². The Morgan fingerprint density at radius 1 is 1.29 bits per heavy atom. The van der Waals surface area contributed by atoms with E-state index in [4.69, 9.17) is 12.2 Å². The molecule has 1 aromatic carbocycles. The van der Waals surface area contributed by atoms with Gasteiger partial charge in [-0.05, 0) is 43.3 Å². The number of carbonyl (C=O) groups is 1. The Morgan fingerprint density at radius 3 is 2.76 bits per heavy atom. The molecule has 0 spiro atoms.